The Labute approximate surface area is 117 Å². The Morgan fingerprint density at radius 3 is 2.60 bits per heavy atom. The van der Waals surface area contributed by atoms with Crippen LogP contribution in [0.1, 0.15) is 20.3 Å². The Morgan fingerprint density at radius 2 is 2.10 bits per heavy atom. The molecule has 0 aliphatic carbocycles. The van der Waals surface area contributed by atoms with Gasteiger partial charge in [0.1, 0.15) is 5.82 Å². The highest BCUT2D eigenvalue weighted by atomic mass is 16.6. The largest absolute Gasteiger partial charge is 0.378 e. The van der Waals surface area contributed by atoms with Gasteiger partial charge >= 0.3 is 5.69 Å². The fraction of sp³-hybridized carbons (Fsp3) is 0.500. The highest BCUT2D eigenvalue weighted by Gasteiger charge is 2.13. The molecule has 0 spiro atoms. The van der Waals surface area contributed by atoms with Crippen molar-refractivity contribution in [1.29, 1.82) is 0 Å². The van der Waals surface area contributed by atoms with Gasteiger partial charge in [-0.15, -0.1) is 0 Å². The average molecular weight is 281 g/mol. The molecule has 1 aromatic heterocycles. The smallest absolute Gasteiger partial charge is 0.311 e. The first kappa shape index (κ1) is 15.7. The molecule has 0 atom stereocenters. The fourth-order valence-corrected chi connectivity index (χ4v) is 1.75. The molecule has 0 radical (unpaired) electrons. The molecule has 8 nitrogen and oxygen atoms in total. The third kappa shape index (κ3) is 4.08. The monoisotopic (exact) mass is 281 g/mol. The van der Waals surface area contributed by atoms with Gasteiger partial charge in [0, 0.05) is 32.1 Å². The van der Waals surface area contributed by atoms with Crippen molar-refractivity contribution in [3.63, 3.8) is 0 Å². The van der Waals surface area contributed by atoms with Crippen molar-refractivity contribution in [3.8, 4) is 0 Å². The Kier molecular flexibility index (Phi) is 5.70. The lowest BCUT2D eigenvalue weighted by molar-refractivity contribution is -0.384. The minimum absolute atomic E-state index is 0.0531. The number of rotatable bonds is 7. The second-order valence-corrected chi connectivity index (χ2v) is 4.10. The van der Waals surface area contributed by atoms with Crippen LogP contribution in [0.5, 0.6) is 0 Å². The van der Waals surface area contributed by atoms with Crippen molar-refractivity contribution >= 4 is 23.2 Å². The van der Waals surface area contributed by atoms with Crippen LogP contribution < -0.4 is 11.1 Å². The Balaban J connectivity index is 2.53. The molecule has 0 bridgehead atoms. The highest BCUT2D eigenvalue weighted by Crippen LogP contribution is 2.20. The lowest BCUT2D eigenvalue weighted by Gasteiger charge is -2.18. The molecule has 0 fully saturated rings. The van der Waals surface area contributed by atoms with Gasteiger partial charge in [-0.1, -0.05) is 0 Å². The van der Waals surface area contributed by atoms with Crippen LogP contribution >= 0.6 is 0 Å². The normalized spacial score (nSPS) is 10.1. The summed E-state index contributed by atoms with van der Waals surface area (Å²) < 4.78 is 0. The molecule has 110 valence electrons. The van der Waals surface area contributed by atoms with Gasteiger partial charge in [0.15, 0.2) is 0 Å². The lowest BCUT2D eigenvalue weighted by atomic mass is 10.3. The molecule has 1 rings (SSSR count). The number of nitrogens with zero attached hydrogens (tertiary/aromatic N) is 3. The molecule has 0 aliphatic rings. The topological polar surface area (TPSA) is 114 Å². The van der Waals surface area contributed by atoms with E-state index in [-0.39, 0.29) is 17.4 Å². The number of hydrogen-bond donors (Lipinski definition) is 2. The van der Waals surface area contributed by atoms with Crippen LogP contribution in [0.2, 0.25) is 0 Å². The molecule has 8 heteroatoms. The maximum atomic E-state index is 11.8. The molecule has 0 saturated heterocycles. The minimum Gasteiger partial charge on any atom is -0.378 e. The van der Waals surface area contributed by atoms with Crippen molar-refractivity contribution in [2.45, 2.75) is 20.3 Å². The van der Waals surface area contributed by atoms with E-state index in [1.807, 2.05) is 13.8 Å². The van der Waals surface area contributed by atoms with E-state index in [4.69, 9.17) is 5.73 Å². The molecule has 1 aromatic rings. The number of anilines is 2. The van der Waals surface area contributed by atoms with Crippen molar-refractivity contribution < 1.29 is 9.72 Å². The van der Waals surface area contributed by atoms with E-state index in [0.29, 0.717) is 31.9 Å². The van der Waals surface area contributed by atoms with Gasteiger partial charge in [0.25, 0.3) is 0 Å². The molecule has 3 N–H and O–H groups in total. The van der Waals surface area contributed by atoms with E-state index in [1.165, 1.54) is 12.1 Å². The number of aromatic nitrogens is 1. The summed E-state index contributed by atoms with van der Waals surface area (Å²) in [4.78, 5) is 27.4. The van der Waals surface area contributed by atoms with Crippen LogP contribution in [-0.2, 0) is 4.79 Å². The number of nitrogens with one attached hydrogen (secondary N) is 1. The van der Waals surface area contributed by atoms with E-state index in [0.717, 1.165) is 0 Å². The summed E-state index contributed by atoms with van der Waals surface area (Å²) in [5.74, 6) is 0.327. The molecule has 0 unspecified atom stereocenters. The molecule has 1 heterocycles. The predicted molar refractivity (Wildman–Crippen MR) is 76.3 cm³/mol. The number of carbonyl (C=O) groups excluding carboxylic acids is 1. The van der Waals surface area contributed by atoms with E-state index >= 15 is 0 Å². The number of nitrogen functional groups attached to an aromatic ring is 1. The summed E-state index contributed by atoms with van der Waals surface area (Å²) in [5.41, 5.74) is 5.25. The van der Waals surface area contributed by atoms with Gasteiger partial charge in [-0.2, -0.15) is 0 Å². The van der Waals surface area contributed by atoms with Gasteiger partial charge in [0.2, 0.25) is 11.7 Å². The first-order chi connectivity index (χ1) is 9.49. The number of amides is 1. The quantitative estimate of drug-likeness (QED) is 0.574. The van der Waals surface area contributed by atoms with Crippen molar-refractivity contribution in [2.75, 3.05) is 30.7 Å². The zero-order chi connectivity index (χ0) is 15.1. The summed E-state index contributed by atoms with van der Waals surface area (Å²) >= 11 is 0. The van der Waals surface area contributed by atoms with Crippen LogP contribution in [-0.4, -0.2) is 40.3 Å². The standard InChI is InChI=1S/C12H19N5O3/c1-3-16(4-2)11(18)7-8-14-10-6-5-9(17(19)20)12(13)15-10/h5-6H,3-4,7-8H2,1-2H3,(H3,13,14,15). The Bertz CT molecular complexity index is 488. The summed E-state index contributed by atoms with van der Waals surface area (Å²) in [6, 6.07) is 2.76. The zero-order valence-electron chi connectivity index (χ0n) is 11.6. The van der Waals surface area contributed by atoms with Gasteiger partial charge in [-0.05, 0) is 19.9 Å². The van der Waals surface area contributed by atoms with Crippen LogP contribution in [0.25, 0.3) is 0 Å². The first-order valence-electron chi connectivity index (χ1n) is 6.42. The van der Waals surface area contributed by atoms with E-state index in [1.54, 1.807) is 4.90 Å². The Morgan fingerprint density at radius 1 is 1.45 bits per heavy atom. The third-order valence-corrected chi connectivity index (χ3v) is 2.86. The molecular weight excluding hydrogens is 262 g/mol. The summed E-state index contributed by atoms with van der Waals surface area (Å²) in [6.45, 7) is 5.61. The van der Waals surface area contributed by atoms with E-state index < -0.39 is 4.92 Å². The number of nitro groups is 1. The second kappa shape index (κ2) is 7.27. The zero-order valence-corrected chi connectivity index (χ0v) is 11.6. The molecule has 0 saturated carbocycles. The molecule has 20 heavy (non-hydrogen) atoms. The fourth-order valence-electron chi connectivity index (χ4n) is 1.75. The summed E-state index contributed by atoms with van der Waals surface area (Å²) in [5, 5.41) is 13.5. The van der Waals surface area contributed by atoms with Gasteiger partial charge in [0.05, 0.1) is 4.92 Å². The number of carbonyl (C=O) groups is 1. The van der Waals surface area contributed by atoms with Crippen molar-refractivity contribution in [2.24, 2.45) is 0 Å². The molecular formula is C12H19N5O3. The maximum absolute atomic E-state index is 11.8. The number of pyridine rings is 1. The second-order valence-electron chi connectivity index (χ2n) is 4.10. The van der Waals surface area contributed by atoms with Crippen LogP contribution in [0.15, 0.2) is 12.1 Å². The summed E-state index contributed by atoms with van der Waals surface area (Å²) in [7, 11) is 0. The number of hydrogen-bond acceptors (Lipinski definition) is 6. The van der Waals surface area contributed by atoms with Crippen molar-refractivity contribution in [1.82, 2.24) is 9.88 Å². The minimum atomic E-state index is -0.587. The molecule has 1 amide bonds. The first-order valence-corrected chi connectivity index (χ1v) is 6.42. The molecule has 0 aliphatic heterocycles. The van der Waals surface area contributed by atoms with E-state index in [9.17, 15) is 14.9 Å². The maximum Gasteiger partial charge on any atom is 0.311 e. The summed E-state index contributed by atoms with van der Waals surface area (Å²) in [6.07, 6.45) is 0.334. The predicted octanol–water partition coefficient (Wildman–Crippen LogP) is 1.24. The van der Waals surface area contributed by atoms with Crippen LogP contribution in [0.3, 0.4) is 0 Å². The van der Waals surface area contributed by atoms with Gasteiger partial charge in [-0.3, -0.25) is 14.9 Å². The van der Waals surface area contributed by atoms with Gasteiger partial charge < -0.3 is 16.0 Å². The van der Waals surface area contributed by atoms with Crippen LogP contribution in [0.4, 0.5) is 17.3 Å². The SMILES string of the molecule is CCN(CC)C(=O)CCNc1ccc([N+](=O)[O-])c(N)n1. The van der Waals surface area contributed by atoms with Gasteiger partial charge in [-0.25, -0.2) is 4.98 Å². The average Bonchev–Trinajstić information content (AvgIpc) is 2.39. The molecule has 0 aromatic carbocycles. The lowest BCUT2D eigenvalue weighted by Crippen LogP contribution is -2.31. The number of nitrogens with two attached hydrogens (primary N) is 1. The third-order valence-electron chi connectivity index (χ3n) is 2.86. The van der Waals surface area contributed by atoms with E-state index in [2.05, 4.69) is 10.3 Å². The van der Waals surface area contributed by atoms with Crippen molar-refractivity contribution in [3.05, 3.63) is 22.2 Å². The Hall–Kier alpha value is -2.38. The highest BCUT2D eigenvalue weighted by molar-refractivity contribution is 5.76. The van der Waals surface area contributed by atoms with Crippen LogP contribution in [0, 0.1) is 10.1 Å².